The summed E-state index contributed by atoms with van der Waals surface area (Å²) in [6.45, 7) is 1.22. The van der Waals surface area contributed by atoms with Gasteiger partial charge in [0.2, 0.25) is 11.9 Å². The number of carbonyl (C=O) groups excluding carboxylic acids is 1. The first-order valence-corrected chi connectivity index (χ1v) is 1.95. The quantitative estimate of drug-likeness (QED) is 0.119. The minimum absolute atomic E-state index is 0.447. The van der Waals surface area contributed by atoms with Gasteiger partial charge in [-0.05, 0) is 0 Å². The molecule has 8 heavy (non-hydrogen) atoms. The highest BCUT2D eigenvalue weighted by Crippen LogP contribution is 1.72. The Hall–Kier alpha value is -1.10. The van der Waals surface area contributed by atoms with Gasteiger partial charge in [0.1, 0.15) is 0 Å². The molecule has 5 N–H and O–H groups in total. The maximum Gasteiger partial charge on any atom is 0.240 e. The van der Waals surface area contributed by atoms with Gasteiger partial charge in [-0.1, -0.05) is 0 Å². The van der Waals surface area contributed by atoms with Crippen molar-refractivity contribution < 1.29 is 4.79 Å². The lowest BCUT2D eigenvalue weighted by molar-refractivity contribution is -0.125. The standard InChI is InChI=1S/C3H8N4O/c1-2(8)7(6)3(4)5/h6H2,1H3,(H3,4,5). The largest absolute Gasteiger partial charge is 0.369 e. The molecule has 0 aliphatic heterocycles. The molecule has 0 heterocycles. The zero-order chi connectivity index (χ0) is 6.73. The summed E-state index contributed by atoms with van der Waals surface area (Å²) in [6, 6.07) is 0. The Morgan fingerprint density at radius 1 is 1.75 bits per heavy atom. The van der Waals surface area contributed by atoms with E-state index in [9.17, 15) is 4.79 Å². The Labute approximate surface area is 46.7 Å². The average molecular weight is 116 g/mol. The first-order valence-electron chi connectivity index (χ1n) is 1.95. The van der Waals surface area contributed by atoms with Crippen LogP contribution in [0.1, 0.15) is 6.92 Å². The fraction of sp³-hybridized carbons (Fsp3) is 0.333. The minimum Gasteiger partial charge on any atom is -0.369 e. The van der Waals surface area contributed by atoms with Crippen LogP contribution < -0.4 is 11.6 Å². The SMILES string of the molecule is CC(=O)N(N)C(=N)N. The van der Waals surface area contributed by atoms with E-state index < -0.39 is 11.9 Å². The molecule has 5 heteroatoms. The Morgan fingerprint density at radius 3 is 2.12 bits per heavy atom. The molecule has 0 atom stereocenters. The van der Waals surface area contributed by atoms with Gasteiger partial charge in [-0.15, -0.1) is 0 Å². The van der Waals surface area contributed by atoms with Crippen molar-refractivity contribution in [2.75, 3.05) is 0 Å². The number of hydrogen-bond donors (Lipinski definition) is 3. The molecule has 0 aliphatic carbocycles. The zero-order valence-corrected chi connectivity index (χ0v) is 4.51. The van der Waals surface area contributed by atoms with Crippen LogP contribution in [-0.4, -0.2) is 16.9 Å². The van der Waals surface area contributed by atoms with Gasteiger partial charge >= 0.3 is 0 Å². The molecular weight excluding hydrogens is 108 g/mol. The number of nitrogens with one attached hydrogen (secondary N) is 1. The van der Waals surface area contributed by atoms with Crippen LogP contribution in [0.5, 0.6) is 0 Å². The topological polar surface area (TPSA) is 96.2 Å². The second-order valence-electron chi connectivity index (χ2n) is 1.27. The molecule has 0 saturated carbocycles. The molecule has 0 rings (SSSR count). The molecule has 5 nitrogen and oxygen atoms in total. The molecule has 0 aromatic carbocycles. The maximum atomic E-state index is 10.2. The van der Waals surface area contributed by atoms with Crippen LogP contribution in [0.25, 0.3) is 0 Å². The summed E-state index contributed by atoms with van der Waals surface area (Å²) in [5, 5.41) is 7.14. The van der Waals surface area contributed by atoms with Gasteiger partial charge in [-0.3, -0.25) is 10.2 Å². The highest BCUT2D eigenvalue weighted by atomic mass is 16.2. The predicted octanol–water partition coefficient (Wildman–Crippen LogP) is -1.40. The van der Waals surface area contributed by atoms with E-state index in [1.54, 1.807) is 0 Å². The van der Waals surface area contributed by atoms with Crippen LogP contribution in [0.2, 0.25) is 0 Å². The molecule has 0 fully saturated rings. The number of nitrogens with zero attached hydrogens (tertiary/aromatic N) is 1. The third-order valence-electron chi connectivity index (χ3n) is 0.599. The lowest BCUT2D eigenvalue weighted by Crippen LogP contribution is -2.45. The summed E-state index contributed by atoms with van der Waals surface area (Å²) >= 11 is 0. The van der Waals surface area contributed by atoms with E-state index in [1.165, 1.54) is 6.92 Å². The fourth-order valence-electron chi connectivity index (χ4n) is 0.170. The third kappa shape index (κ3) is 1.57. The van der Waals surface area contributed by atoms with Crippen LogP contribution >= 0.6 is 0 Å². The average Bonchev–Trinajstić information content (AvgIpc) is 1.64. The molecule has 0 aliphatic rings. The van der Waals surface area contributed by atoms with Gasteiger partial charge < -0.3 is 5.73 Å². The Balaban J connectivity index is 3.83. The first-order chi connectivity index (χ1) is 3.55. The van der Waals surface area contributed by atoms with Gasteiger partial charge in [0, 0.05) is 6.92 Å². The lowest BCUT2D eigenvalue weighted by Gasteiger charge is -2.09. The van der Waals surface area contributed by atoms with Crippen molar-refractivity contribution in [3.05, 3.63) is 0 Å². The number of carbonyl (C=O) groups is 1. The van der Waals surface area contributed by atoms with E-state index in [1.807, 2.05) is 0 Å². The number of hydrazine groups is 1. The number of nitrogens with two attached hydrogens (primary N) is 2. The van der Waals surface area contributed by atoms with Crippen molar-refractivity contribution in [2.24, 2.45) is 11.6 Å². The summed E-state index contributed by atoms with van der Waals surface area (Å²) in [5.41, 5.74) is 4.80. The van der Waals surface area contributed by atoms with Crippen LogP contribution in [0.4, 0.5) is 0 Å². The molecule has 0 radical (unpaired) electrons. The Kier molecular flexibility index (Phi) is 1.96. The molecule has 0 saturated heterocycles. The van der Waals surface area contributed by atoms with Gasteiger partial charge in [-0.2, -0.15) is 0 Å². The molecule has 0 unspecified atom stereocenters. The summed E-state index contributed by atoms with van der Waals surface area (Å²) in [7, 11) is 0. The normalized spacial score (nSPS) is 8.25. The first kappa shape index (κ1) is 6.90. The predicted molar refractivity (Wildman–Crippen MR) is 28.6 cm³/mol. The fourth-order valence-corrected chi connectivity index (χ4v) is 0.170. The summed E-state index contributed by atoms with van der Waals surface area (Å²) in [4.78, 5) is 10.2. The summed E-state index contributed by atoms with van der Waals surface area (Å²) in [5.74, 6) is 4.00. The smallest absolute Gasteiger partial charge is 0.240 e. The Bertz CT molecular complexity index is 106. The van der Waals surface area contributed by atoms with E-state index in [4.69, 9.17) is 17.0 Å². The molecule has 0 aromatic rings. The van der Waals surface area contributed by atoms with Crippen LogP contribution in [0.15, 0.2) is 0 Å². The highest BCUT2D eigenvalue weighted by molar-refractivity contribution is 5.92. The number of amides is 1. The second-order valence-corrected chi connectivity index (χ2v) is 1.27. The highest BCUT2D eigenvalue weighted by Gasteiger charge is 2.02. The molecular formula is C3H8N4O. The third-order valence-corrected chi connectivity index (χ3v) is 0.599. The van der Waals surface area contributed by atoms with Crippen molar-refractivity contribution in [3.63, 3.8) is 0 Å². The monoisotopic (exact) mass is 116 g/mol. The van der Waals surface area contributed by atoms with Gasteiger partial charge in [-0.25, -0.2) is 10.9 Å². The van der Waals surface area contributed by atoms with E-state index in [-0.39, 0.29) is 0 Å². The Morgan fingerprint density at radius 2 is 2.12 bits per heavy atom. The number of guanidine groups is 1. The molecule has 0 aromatic heterocycles. The van der Waals surface area contributed by atoms with E-state index in [2.05, 4.69) is 0 Å². The summed E-state index contributed by atoms with van der Waals surface area (Å²) in [6.07, 6.45) is 0. The molecule has 1 amide bonds. The van der Waals surface area contributed by atoms with Gasteiger partial charge in [0.15, 0.2) is 0 Å². The van der Waals surface area contributed by atoms with Crippen molar-refractivity contribution in [2.45, 2.75) is 6.92 Å². The lowest BCUT2D eigenvalue weighted by atomic mass is 10.7. The van der Waals surface area contributed by atoms with Crippen LogP contribution in [0.3, 0.4) is 0 Å². The second kappa shape index (κ2) is 2.27. The van der Waals surface area contributed by atoms with E-state index in [0.29, 0.717) is 5.01 Å². The molecule has 0 bridgehead atoms. The van der Waals surface area contributed by atoms with E-state index >= 15 is 0 Å². The van der Waals surface area contributed by atoms with Crippen LogP contribution in [0, 0.1) is 5.41 Å². The van der Waals surface area contributed by atoms with Crippen molar-refractivity contribution in [1.82, 2.24) is 5.01 Å². The number of rotatable bonds is 0. The minimum atomic E-state index is -0.447. The summed E-state index contributed by atoms with van der Waals surface area (Å²) < 4.78 is 0. The van der Waals surface area contributed by atoms with Crippen molar-refractivity contribution >= 4 is 11.9 Å². The zero-order valence-electron chi connectivity index (χ0n) is 4.51. The van der Waals surface area contributed by atoms with E-state index in [0.717, 1.165) is 0 Å². The van der Waals surface area contributed by atoms with Gasteiger partial charge in [0.05, 0.1) is 0 Å². The maximum absolute atomic E-state index is 10.2. The molecule has 0 spiro atoms. The molecule has 46 valence electrons. The van der Waals surface area contributed by atoms with Crippen LogP contribution in [-0.2, 0) is 4.79 Å². The number of hydrogen-bond acceptors (Lipinski definition) is 3. The van der Waals surface area contributed by atoms with Crippen molar-refractivity contribution in [1.29, 1.82) is 5.41 Å². The van der Waals surface area contributed by atoms with Gasteiger partial charge in [0.25, 0.3) is 0 Å². The van der Waals surface area contributed by atoms with Crippen molar-refractivity contribution in [3.8, 4) is 0 Å².